The molecule has 5 aromatic carbocycles. The van der Waals surface area contributed by atoms with Gasteiger partial charge in [0.1, 0.15) is 0 Å². The molecule has 0 unspecified atom stereocenters. The molecule has 0 spiro atoms. The van der Waals surface area contributed by atoms with Gasteiger partial charge in [0, 0.05) is 0 Å². The largest absolute Gasteiger partial charge is 0.0984 e. The van der Waals surface area contributed by atoms with E-state index in [9.17, 15) is 0 Å². The first kappa shape index (κ1) is 18.1. The molecule has 5 rings (SSSR count). The molecule has 0 bridgehead atoms. The van der Waals surface area contributed by atoms with Crippen LogP contribution in [0.1, 0.15) is 11.1 Å². The third kappa shape index (κ3) is 2.86. The molecule has 0 nitrogen and oxygen atoms in total. The van der Waals surface area contributed by atoms with Crippen molar-refractivity contribution in [1.29, 1.82) is 0 Å². The molecule has 0 aromatic heterocycles. The van der Waals surface area contributed by atoms with E-state index < -0.39 is 0 Å². The molecule has 0 aliphatic rings. The van der Waals surface area contributed by atoms with Crippen LogP contribution < -0.4 is 0 Å². The maximum absolute atomic E-state index is 4.18. The summed E-state index contributed by atoms with van der Waals surface area (Å²) in [5.41, 5.74) is 7.05. The first-order valence-corrected chi connectivity index (χ1v) is 10.2. The fourth-order valence-corrected chi connectivity index (χ4v) is 4.47. The standard InChI is InChI=1S/C30H22/c1-3-25-26(4-2)30(24-19-18-21-12-8-9-15-23(21)20-24)28-17-11-10-16-27(28)29(25)22-13-6-5-7-14-22/h3-20H,1-2H2. The van der Waals surface area contributed by atoms with Gasteiger partial charge in [0.05, 0.1) is 0 Å². The molecule has 0 heterocycles. The first-order chi connectivity index (χ1) is 14.8. The normalized spacial score (nSPS) is 10.9. The van der Waals surface area contributed by atoms with Crippen LogP contribution in [0.4, 0.5) is 0 Å². The van der Waals surface area contributed by atoms with E-state index >= 15 is 0 Å². The van der Waals surface area contributed by atoms with Gasteiger partial charge in [0.2, 0.25) is 0 Å². The highest BCUT2D eigenvalue weighted by Gasteiger charge is 2.18. The number of hydrogen-bond acceptors (Lipinski definition) is 0. The van der Waals surface area contributed by atoms with E-state index in [-0.39, 0.29) is 0 Å². The van der Waals surface area contributed by atoms with Gasteiger partial charge < -0.3 is 0 Å². The first-order valence-electron chi connectivity index (χ1n) is 10.2. The molecule has 0 radical (unpaired) electrons. The molecule has 0 N–H and O–H groups in total. The molecule has 5 aromatic rings. The highest BCUT2D eigenvalue weighted by Crippen LogP contribution is 2.43. The summed E-state index contributed by atoms with van der Waals surface area (Å²) in [6.07, 6.45) is 3.94. The van der Waals surface area contributed by atoms with Crippen molar-refractivity contribution < 1.29 is 0 Å². The molecular formula is C30H22. The lowest BCUT2D eigenvalue weighted by atomic mass is 9.83. The third-order valence-corrected chi connectivity index (χ3v) is 5.80. The summed E-state index contributed by atoms with van der Waals surface area (Å²) in [6, 6.07) is 34.4. The van der Waals surface area contributed by atoms with Gasteiger partial charge >= 0.3 is 0 Å². The Morgan fingerprint density at radius 1 is 0.467 bits per heavy atom. The zero-order chi connectivity index (χ0) is 20.5. The molecule has 0 saturated carbocycles. The number of rotatable bonds is 4. The molecular weight excluding hydrogens is 360 g/mol. The number of fused-ring (bicyclic) bond motifs is 2. The lowest BCUT2D eigenvalue weighted by Crippen LogP contribution is -1.96. The summed E-state index contributed by atoms with van der Waals surface area (Å²) in [5, 5.41) is 4.94. The minimum absolute atomic E-state index is 1.12. The van der Waals surface area contributed by atoms with E-state index in [1.54, 1.807) is 0 Å². The summed E-state index contributed by atoms with van der Waals surface area (Å²) in [6.45, 7) is 8.35. The smallest absolute Gasteiger partial charge is 0.00264 e. The van der Waals surface area contributed by atoms with Gasteiger partial charge in [0.15, 0.2) is 0 Å². The van der Waals surface area contributed by atoms with Crippen LogP contribution in [0.2, 0.25) is 0 Å². The summed E-state index contributed by atoms with van der Waals surface area (Å²) >= 11 is 0. The van der Waals surface area contributed by atoms with E-state index in [0.717, 1.165) is 11.1 Å². The van der Waals surface area contributed by atoms with Gasteiger partial charge in [-0.15, -0.1) is 0 Å². The Hall–Kier alpha value is -3.90. The molecule has 0 fully saturated rings. The highest BCUT2D eigenvalue weighted by atomic mass is 14.2. The van der Waals surface area contributed by atoms with Crippen LogP contribution in [0.25, 0.3) is 56.0 Å². The monoisotopic (exact) mass is 382 g/mol. The van der Waals surface area contributed by atoms with Gasteiger partial charge in [-0.3, -0.25) is 0 Å². The van der Waals surface area contributed by atoms with Crippen LogP contribution in [0.15, 0.2) is 110 Å². The lowest BCUT2D eigenvalue weighted by molar-refractivity contribution is 1.59. The average molecular weight is 383 g/mol. The molecule has 0 aliphatic carbocycles. The summed E-state index contributed by atoms with van der Waals surface area (Å²) in [4.78, 5) is 0. The maximum Gasteiger partial charge on any atom is -0.00264 e. The molecule has 0 heteroatoms. The molecule has 0 amide bonds. The van der Waals surface area contributed by atoms with Crippen molar-refractivity contribution in [2.75, 3.05) is 0 Å². The average Bonchev–Trinajstić information content (AvgIpc) is 2.82. The fraction of sp³-hybridized carbons (Fsp3) is 0. The van der Waals surface area contributed by atoms with Crippen molar-refractivity contribution in [3.8, 4) is 22.3 Å². The zero-order valence-corrected chi connectivity index (χ0v) is 16.8. The van der Waals surface area contributed by atoms with Gasteiger partial charge in [-0.1, -0.05) is 116 Å². The quantitative estimate of drug-likeness (QED) is 0.292. The van der Waals surface area contributed by atoms with E-state index in [1.807, 2.05) is 12.2 Å². The molecule has 0 atom stereocenters. The van der Waals surface area contributed by atoms with Crippen LogP contribution in [0.3, 0.4) is 0 Å². The SMILES string of the molecule is C=Cc1c(C=C)c(-c2ccc3ccccc3c2)c2ccccc2c1-c1ccccc1. The fourth-order valence-electron chi connectivity index (χ4n) is 4.47. The Labute approximate surface area is 177 Å². The number of benzene rings is 5. The minimum Gasteiger partial charge on any atom is -0.0984 e. The molecule has 142 valence electrons. The second-order valence-electron chi connectivity index (χ2n) is 7.46. The van der Waals surface area contributed by atoms with Gasteiger partial charge in [-0.05, 0) is 61.0 Å². The van der Waals surface area contributed by atoms with Crippen molar-refractivity contribution >= 4 is 33.7 Å². The van der Waals surface area contributed by atoms with Gasteiger partial charge in [-0.25, -0.2) is 0 Å². The van der Waals surface area contributed by atoms with Crippen molar-refractivity contribution in [1.82, 2.24) is 0 Å². The van der Waals surface area contributed by atoms with E-state index in [0.29, 0.717) is 0 Å². The van der Waals surface area contributed by atoms with E-state index in [2.05, 4.69) is 110 Å². The number of hydrogen-bond donors (Lipinski definition) is 0. The molecule has 0 saturated heterocycles. The predicted molar refractivity (Wildman–Crippen MR) is 133 cm³/mol. The van der Waals surface area contributed by atoms with Crippen LogP contribution in [0, 0.1) is 0 Å². The Morgan fingerprint density at radius 2 is 1.00 bits per heavy atom. The topological polar surface area (TPSA) is 0 Å². The van der Waals surface area contributed by atoms with E-state index in [1.165, 1.54) is 43.8 Å². The van der Waals surface area contributed by atoms with E-state index in [4.69, 9.17) is 0 Å². The highest BCUT2D eigenvalue weighted by molar-refractivity contribution is 6.12. The van der Waals surface area contributed by atoms with Crippen LogP contribution in [-0.2, 0) is 0 Å². The van der Waals surface area contributed by atoms with Gasteiger partial charge in [-0.2, -0.15) is 0 Å². The van der Waals surface area contributed by atoms with Crippen molar-refractivity contribution in [2.45, 2.75) is 0 Å². The molecule has 0 aliphatic heterocycles. The Balaban J connectivity index is 1.94. The summed E-state index contributed by atoms with van der Waals surface area (Å²) in [5.74, 6) is 0. The van der Waals surface area contributed by atoms with Crippen LogP contribution in [-0.4, -0.2) is 0 Å². The third-order valence-electron chi connectivity index (χ3n) is 5.80. The van der Waals surface area contributed by atoms with Crippen molar-refractivity contribution in [3.63, 3.8) is 0 Å². The lowest BCUT2D eigenvalue weighted by Gasteiger charge is -2.20. The molecule has 30 heavy (non-hydrogen) atoms. The van der Waals surface area contributed by atoms with Crippen LogP contribution in [0.5, 0.6) is 0 Å². The second-order valence-corrected chi connectivity index (χ2v) is 7.46. The summed E-state index contributed by atoms with van der Waals surface area (Å²) in [7, 11) is 0. The van der Waals surface area contributed by atoms with Crippen molar-refractivity contribution in [2.24, 2.45) is 0 Å². The predicted octanol–water partition coefficient (Wildman–Crippen LogP) is 8.61. The maximum atomic E-state index is 4.18. The summed E-state index contributed by atoms with van der Waals surface area (Å²) < 4.78 is 0. The Morgan fingerprint density at radius 3 is 1.63 bits per heavy atom. The van der Waals surface area contributed by atoms with Crippen LogP contribution >= 0.6 is 0 Å². The Kier molecular flexibility index (Phi) is 4.53. The second kappa shape index (κ2) is 7.50. The minimum atomic E-state index is 1.12. The Bertz CT molecular complexity index is 1400. The van der Waals surface area contributed by atoms with Gasteiger partial charge in [0.25, 0.3) is 0 Å². The zero-order valence-electron chi connectivity index (χ0n) is 16.8. The van der Waals surface area contributed by atoms with Crippen molar-refractivity contribution in [3.05, 3.63) is 121 Å².